The van der Waals surface area contributed by atoms with Crippen LogP contribution in [0.2, 0.25) is 0 Å². The van der Waals surface area contributed by atoms with Crippen LogP contribution in [0.1, 0.15) is 16.1 Å². The van der Waals surface area contributed by atoms with Crippen molar-refractivity contribution in [3.63, 3.8) is 0 Å². The van der Waals surface area contributed by atoms with Crippen LogP contribution in [0, 0.1) is 5.82 Å². The summed E-state index contributed by atoms with van der Waals surface area (Å²) in [4.78, 5) is 24.2. The summed E-state index contributed by atoms with van der Waals surface area (Å²) in [6, 6.07) is 15.6. The van der Waals surface area contributed by atoms with E-state index in [1.54, 1.807) is 42.5 Å². The fourth-order valence-corrected chi connectivity index (χ4v) is 2.55. The van der Waals surface area contributed by atoms with E-state index in [1.165, 1.54) is 18.2 Å². The number of hydrogen-bond acceptors (Lipinski definition) is 6. The van der Waals surface area contributed by atoms with Gasteiger partial charge in [0.05, 0.1) is 0 Å². The van der Waals surface area contributed by atoms with E-state index in [1.807, 2.05) is 0 Å². The number of fused-ring (bicyclic) bond motifs is 1. The molecule has 0 saturated heterocycles. The first kappa shape index (κ1) is 16.7. The van der Waals surface area contributed by atoms with Crippen LogP contribution in [0.15, 0.2) is 74.4 Å². The van der Waals surface area contributed by atoms with Crippen LogP contribution in [0.5, 0.6) is 0 Å². The Bertz CT molecular complexity index is 1180. The molecular weight excluding hydrogens is 353 g/mol. The van der Waals surface area contributed by atoms with Gasteiger partial charge in [-0.15, -0.1) is 0 Å². The maximum absolute atomic E-state index is 13.0. The average molecular weight is 365 g/mol. The van der Waals surface area contributed by atoms with E-state index in [9.17, 15) is 14.0 Å². The minimum atomic E-state index is -0.819. The molecule has 4 aromatic rings. The second-order valence-corrected chi connectivity index (χ2v) is 5.75. The molecule has 2 aromatic heterocycles. The molecule has 0 fully saturated rings. The molecule has 6 nitrogen and oxygen atoms in total. The Morgan fingerprint density at radius 1 is 1.07 bits per heavy atom. The van der Waals surface area contributed by atoms with Gasteiger partial charge in [-0.2, -0.15) is 0 Å². The van der Waals surface area contributed by atoms with Gasteiger partial charge in [-0.05, 0) is 36.4 Å². The molecular formula is C20H12FNO5. The molecule has 134 valence electrons. The van der Waals surface area contributed by atoms with E-state index in [0.717, 1.165) is 0 Å². The van der Waals surface area contributed by atoms with Gasteiger partial charge in [-0.1, -0.05) is 23.4 Å². The fourth-order valence-electron chi connectivity index (χ4n) is 2.55. The number of aromatic nitrogens is 1. The first-order valence-corrected chi connectivity index (χ1v) is 8.02. The number of nitrogens with zero attached hydrogens (tertiary/aromatic N) is 1. The number of esters is 1. The molecule has 2 aromatic carbocycles. The van der Waals surface area contributed by atoms with Crippen LogP contribution in [0.4, 0.5) is 4.39 Å². The van der Waals surface area contributed by atoms with Crippen LogP contribution < -0.4 is 5.63 Å². The normalized spacial score (nSPS) is 10.9. The lowest BCUT2D eigenvalue weighted by atomic mass is 10.1. The number of rotatable bonds is 4. The molecule has 0 amide bonds. The molecule has 7 heteroatoms. The standard InChI is InChI=1S/C20H12FNO5/c21-14-7-5-12(6-8-14)18-10-15(22-27-18)11-25-19(23)16-9-13-3-1-2-4-17(13)26-20(16)24/h1-10H,11H2. The Balaban J connectivity index is 1.49. The predicted octanol–water partition coefficient (Wildman–Crippen LogP) is 3.94. The van der Waals surface area contributed by atoms with Crippen molar-refractivity contribution >= 4 is 16.9 Å². The lowest BCUT2D eigenvalue weighted by Crippen LogP contribution is -2.16. The van der Waals surface area contributed by atoms with Gasteiger partial charge in [-0.25, -0.2) is 14.0 Å². The molecule has 2 heterocycles. The van der Waals surface area contributed by atoms with Crippen molar-refractivity contribution in [1.29, 1.82) is 0 Å². The van der Waals surface area contributed by atoms with Gasteiger partial charge >= 0.3 is 11.6 Å². The summed E-state index contributed by atoms with van der Waals surface area (Å²) in [5.41, 5.74) is 0.408. The van der Waals surface area contributed by atoms with Crippen LogP contribution in [-0.2, 0) is 11.3 Å². The molecule has 0 aliphatic heterocycles. The second-order valence-electron chi connectivity index (χ2n) is 5.75. The topological polar surface area (TPSA) is 82.5 Å². The molecule has 0 N–H and O–H groups in total. The van der Waals surface area contributed by atoms with Crippen molar-refractivity contribution < 1.29 is 22.9 Å². The van der Waals surface area contributed by atoms with Crippen LogP contribution >= 0.6 is 0 Å². The number of para-hydroxylation sites is 1. The van der Waals surface area contributed by atoms with E-state index in [0.29, 0.717) is 28.0 Å². The number of carbonyl (C=O) groups is 1. The van der Waals surface area contributed by atoms with E-state index >= 15 is 0 Å². The van der Waals surface area contributed by atoms with Gasteiger partial charge in [0.1, 0.15) is 29.3 Å². The van der Waals surface area contributed by atoms with Crippen LogP contribution in [-0.4, -0.2) is 11.1 Å². The average Bonchev–Trinajstić information content (AvgIpc) is 3.15. The largest absolute Gasteiger partial charge is 0.455 e. The fraction of sp³-hybridized carbons (Fsp3) is 0.0500. The highest BCUT2D eigenvalue weighted by Gasteiger charge is 2.16. The Hall–Kier alpha value is -3.74. The summed E-state index contributed by atoms with van der Waals surface area (Å²) >= 11 is 0. The number of ether oxygens (including phenoxy) is 1. The third kappa shape index (κ3) is 3.48. The summed E-state index contributed by atoms with van der Waals surface area (Å²) in [7, 11) is 0. The smallest absolute Gasteiger partial charge is 0.351 e. The Labute approximate surface area is 151 Å². The van der Waals surface area contributed by atoms with E-state index < -0.39 is 11.6 Å². The van der Waals surface area contributed by atoms with Gasteiger partial charge in [0, 0.05) is 17.0 Å². The Morgan fingerprint density at radius 2 is 1.85 bits per heavy atom. The molecule has 0 unspecified atom stereocenters. The lowest BCUT2D eigenvalue weighted by Gasteiger charge is -2.02. The summed E-state index contributed by atoms with van der Waals surface area (Å²) in [6.07, 6.45) is 0. The molecule has 0 atom stereocenters. The third-order valence-corrected chi connectivity index (χ3v) is 3.90. The van der Waals surface area contributed by atoms with Crippen molar-refractivity contribution in [3.05, 3.63) is 88.2 Å². The highest BCUT2D eigenvalue weighted by Crippen LogP contribution is 2.21. The second kappa shape index (κ2) is 6.87. The molecule has 27 heavy (non-hydrogen) atoms. The summed E-state index contributed by atoms with van der Waals surface area (Å²) in [5, 5.41) is 4.42. The minimum absolute atomic E-state index is 0.185. The lowest BCUT2D eigenvalue weighted by molar-refractivity contribution is 0.0459. The number of benzene rings is 2. The summed E-state index contributed by atoms with van der Waals surface area (Å²) in [6.45, 7) is -0.185. The van der Waals surface area contributed by atoms with Crippen molar-refractivity contribution in [1.82, 2.24) is 5.16 Å². The van der Waals surface area contributed by atoms with Gasteiger partial charge in [0.15, 0.2) is 5.76 Å². The van der Waals surface area contributed by atoms with Crippen LogP contribution in [0.3, 0.4) is 0 Å². The first-order valence-electron chi connectivity index (χ1n) is 8.02. The molecule has 0 saturated carbocycles. The number of carbonyl (C=O) groups excluding carboxylic acids is 1. The number of halogens is 1. The molecule has 0 radical (unpaired) electrons. The number of hydrogen-bond donors (Lipinski definition) is 0. The molecule has 0 aliphatic carbocycles. The van der Waals surface area contributed by atoms with E-state index in [2.05, 4.69) is 5.16 Å². The van der Waals surface area contributed by atoms with Crippen molar-refractivity contribution in [3.8, 4) is 11.3 Å². The maximum Gasteiger partial charge on any atom is 0.351 e. The third-order valence-electron chi connectivity index (χ3n) is 3.90. The quantitative estimate of drug-likeness (QED) is 0.402. The van der Waals surface area contributed by atoms with Gasteiger partial charge in [0.25, 0.3) is 0 Å². The van der Waals surface area contributed by atoms with E-state index in [4.69, 9.17) is 13.7 Å². The summed E-state index contributed by atoms with van der Waals surface area (Å²) in [5.74, 6) is -0.770. The van der Waals surface area contributed by atoms with E-state index in [-0.39, 0.29) is 18.0 Å². The van der Waals surface area contributed by atoms with Crippen molar-refractivity contribution in [2.45, 2.75) is 6.61 Å². The highest BCUT2D eigenvalue weighted by molar-refractivity contribution is 5.92. The monoisotopic (exact) mass is 365 g/mol. The first-order chi connectivity index (χ1) is 13.1. The molecule has 4 rings (SSSR count). The zero-order valence-electron chi connectivity index (χ0n) is 13.8. The van der Waals surface area contributed by atoms with Gasteiger partial charge in [0.2, 0.25) is 0 Å². The molecule has 0 aliphatic rings. The highest BCUT2D eigenvalue weighted by atomic mass is 19.1. The Morgan fingerprint density at radius 3 is 2.67 bits per heavy atom. The minimum Gasteiger partial charge on any atom is -0.455 e. The maximum atomic E-state index is 13.0. The SMILES string of the molecule is O=C(OCc1cc(-c2ccc(F)cc2)on1)c1cc2ccccc2oc1=O. The van der Waals surface area contributed by atoms with Crippen molar-refractivity contribution in [2.24, 2.45) is 0 Å². The zero-order valence-corrected chi connectivity index (χ0v) is 13.8. The summed E-state index contributed by atoms with van der Waals surface area (Å²) < 4.78 is 28.4. The van der Waals surface area contributed by atoms with Gasteiger partial charge < -0.3 is 13.7 Å². The molecule has 0 bridgehead atoms. The Kier molecular flexibility index (Phi) is 4.25. The van der Waals surface area contributed by atoms with Gasteiger partial charge in [-0.3, -0.25) is 0 Å². The van der Waals surface area contributed by atoms with Crippen molar-refractivity contribution in [2.75, 3.05) is 0 Å². The predicted molar refractivity (Wildman–Crippen MR) is 93.5 cm³/mol. The van der Waals surface area contributed by atoms with Crippen LogP contribution in [0.25, 0.3) is 22.3 Å². The molecule has 0 spiro atoms. The zero-order chi connectivity index (χ0) is 18.8.